The van der Waals surface area contributed by atoms with Crippen molar-refractivity contribution < 1.29 is 92.9 Å². The molecule has 0 aliphatic rings. The summed E-state index contributed by atoms with van der Waals surface area (Å²) in [6.45, 7) is -1.99. The van der Waals surface area contributed by atoms with Gasteiger partial charge < -0.3 is 0 Å². The molecular formula is C13H14F17N2O3S+. The van der Waals surface area contributed by atoms with Crippen LogP contribution >= 0.6 is 0 Å². The first-order chi connectivity index (χ1) is 15.2. The molecule has 5 nitrogen and oxygen atoms in total. The number of rotatable bonds is 12. The fourth-order valence-corrected chi connectivity index (χ4v) is 3.14. The summed E-state index contributed by atoms with van der Waals surface area (Å²) in [7, 11) is -5.34. The van der Waals surface area contributed by atoms with Crippen molar-refractivity contribution >= 4 is 10.0 Å². The molecule has 0 bridgehead atoms. The van der Waals surface area contributed by atoms with Crippen molar-refractivity contribution in [2.45, 2.75) is 53.4 Å². The maximum Gasteiger partial charge on any atom is 0.460 e. The summed E-state index contributed by atoms with van der Waals surface area (Å²) >= 11 is 0. The van der Waals surface area contributed by atoms with Crippen LogP contribution < -0.4 is 4.72 Å². The molecule has 0 saturated heterocycles. The van der Waals surface area contributed by atoms with Gasteiger partial charge in [0.05, 0.1) is 14.1 Å². The Morgan fingerprint density at radius 3 is 1.22 bits per heavy atom. The Labute approximate surface area is 189 Å². The van der Waals surface area contributed by atoms with E-state index in [1.807, 2.05) is 0 Å². The van der Waals surface area contributed by atoms with Crippen LogP contribution in [0.5, 0.6) is 0 Å². The van der Waals surface area contributed by atoms with Crippen molar-refractivity contribution in [1.29, 1.82) is 0 Å². The van der Waals surface area contributed by atoms with E-state index in [9.17, 15) is 88.3 Å². The lowest BCUT2D eigenvalue weighted by molar-refractivity contribution is -1.07. The molecule has 0 amide bonds. The Bertz CT molecular complexity index is 892. The van der Waals surface area contributed by atoms with Crippen LogP contribution in [0.1, 0.15) is 6.42 Å². The van der Waals surface area contributed by atoms with Crippen LogP contribution in [-0.4, -0.2) is 92.4 Å². The van der Waals surface area contributed by atoms with Gasteiger partial charge in [-0.25, -0.2) is 18.3 Å². The monoisotopic (exact) mass is 601 g/mol. The molecule has 0 fully saturated rings. The lowest BCUT2D eigenvalue weighted by atomic mass is 9.91. The van der Waals surface area contributed by atoms with E-state index in [4.69, 9.17) is 0 Å². The molecule has 0 rings (SSSR count). The zero-order valence-corrected chi connectivity index (χ0v) is 18.0. The van der Waals surface area contributed by atoms with Crippen LogP contribution in [0.15, 0.2) is 0 Å². The minimum absolute atomic E-state index is 0.453. The molecule has 0 radical (unpaired) electrons. The van der Waals surface area contributed by atoms with E-state index in [1.165, 1.54) is 0 Å². The van der Waals surface area contributed by atoms with E-state index in [0.29, 0.717) is 4.72 Å². The third-order valence-corrected chi connectivity index (χ3v) is 5.72. The van der Waals surface area contributed by atoms with Crippen molar-refractivity contribution in [1.82, 2.24) is 4.72 Å². The first kappa shape index (κ1) is 34.6. The quantitative estimate of drug-likeness (QED) is 0.147. The summed E-state index contributed by atoms with van der Waals surface area (Å²) in [5.74, 6) is -51.7. The first-order valence-corrected chi connectivity index (χ1v) is 9.95. The second-order valence-corrected chi connectivity index (χ2v) is 9.37. The van der Waals surface area contributed by atoms with E-state index in [2.05, 4.69) is 0 Å². The highest BCUT2D eigenvalue weighted by atomic mass is 32.2. The van der Waals surface area contributed by atoms with Gasteiger partial charge in [0, 0.05) is 13.0 Å². The molecule has 0 atom stereocenters. The maximum atomic E-state index is 13.7. The number of halogens is 17. The first-order valence-electron chi connectivity index (χ1n) is 8.47. The molecule has 0 saturated carbocycles. The molecular weight excluding hydrogens is 587 g/mol. The number of alkyl halides is 17. The van der Waals surface area contributed by atoms with Gasteiger partial charge in [-0.3, -0.25) is 0 Å². The predicted octanol–water partition coefficient (Wildman–Crippen LogP) is 4.73. The highest BCUT2D eigenvalue weighted by Crippen LogP contribution is 2.64. The summed E-state index contributed by atoms with van der Waals surface area (Å²) < 4.78 is 245. The van der Waals surface area contributed by atoms with Crippen LogP contribution in [0.3, 0.4) is 0 Å². The van der Waals surface area contributed by atoms with Crippen LogP contribution in [0.2, 0.25) is 0 Å². The highest BCUT2D eigenvalue weighted by molar-refractivity contribution is 7.90. The molecule has 23 heteroatoms. The molecule has 0 aliphatic heterocycles. The molecule has 2 N–H and O–H groups in total. The maximum absolute atomic E-state index is 13.7. The van der Waals surface area contributed by atoms with Crippen molar-refractivity contribution in [2.75, 3.05) is 27.2 Å². The Kier molecular flexibility index (Phi) is 8.79. The standard InChI is InChI=1S/C13H14F17N2O3S/c1-32(2,33)5-3-4-31-36(34,35)13(29,30)11(24,25)9(20,21)7(16,17)6(14,15)8(18,19)10(22,23)12(26,27)28/h31,33H,3-5H2,1-2H3/q+1. The van der Waals surface area contributed by atoms with Gasteiger partial charge in [-0.1, -0.05) is 0 Å². The number of hydrogen-bond donors (Lipinski definition) is 2. The van der Waals surface area contributed by atoms with Crippen LogP contribution in [0.25, 0.3) is 0 Å². The van der Waals surface area contributed by atoms with Gasteiger partial charge >= 0.3 is 47.0 Å². The topological polar surface area (TPSA) is 66.4 Å². The molecule has 218 valence electrons. The summed E-state index contributed by atoms with van der Waals surface area (Å²) in [4.78, 5) is 0. The fraction of sp³-hybridized carbons (Fsp3) is 1.00. The van der Waals surface area contributed by atoms with Gasteiger partial charge in [0.2, 0.25) is 0 Å². The lowest BCUT2D eigenvalue weighted by Gasteiger charge is -2.42. The van der Waals surface area contributed by atoms with Gasteiger partial charge in [-0.15, -0.1) is 0 Å². The summed E-state index contributed by atoms with van der Waals surface area (Å²) in [5.41, 5.74) is 0. The van der Waals surface area contributed by atoms with Gasteiger partial charge in [-0.2, -0.15) is 79.3 Å². The SMILES string of the molecule is C[N+](C)(O)CCCNS(=O)(=O)C(F)(F)C(F)(F)C(F)(F)C(F)(F)C(F)(F)C(F)(F)C(F)(F)C(F)(F)F. The average molecular weight is 601 g/mol. The molecule has 0 aromatic rings. The van der Waals surface area contributed by atoms with Gasteiger partial charge in [-0.05, 0) is 0 Å². The molecule has 0 aromatic carbocycles. The largest absolute Gasteiger partial charge is 0.460 e. The summed E-state index contributed by atoms with van der Waals surface area (Å²) in [5, 5.41) is 1.65. The van der Waals surface area contributed by atoms with Crippen LogP contribution in [0, 0.1) is 0 Å². The number of nitrogens with one attached hydrogen (secondary N) is 1. The molecule has 36 heavy (non-hydrogen) atoms. The molecule has 0 aliphatic carbocycles. The van der Waals surface area contributed by atoms with Crippen LogP contribution in [-0.2, 0) is 10.0 Å². The zero-order valence-electron chi connectivity index (χ0n) is 17.2. The highest BCUT2D eigenvalue weighted by Gasteiger charge is 2.96. The third-order valence-electron chi connectivity index (χ3n) is 4.20. The van der Waals surface area contributed by atoms with Crippen molar-refractivity contribution in [3.8, 4) is 0 Å². The average Bonchev–Trinajstić information content (AvgIpc) is 2.62. The fourth-order valence-electron chi connectivity index (χ4n) is 2.08. The number of hydrogen-bond acceptors (Lipinski definition) is 3. The van der Waals surface area contributed by atoms with E-state index in [1.54, 1.807) is 0 Å². The number of nitrogens with zero attached hydrogens (tertiary/aromatic N) is 1. The van der Waals surface area contributed by atoms with Gasteiger partial charge in [0.25, 0.3) is 10.0 Å². The predicted molar refractivity (Wildman–Crippen MR) is 81.0 cm³/mol. The normalized spacial score (nSPS) is 16.4. The van der Waals surface area contributed by atoms with Gasteiger partial charge in [0.15, 0.2) is 0 Å². The van der Waals surface area contributed by atoms with Crippen LogP contribution in [0.4, 0.5) is 74.6 Å². The second-order valence-electron chi connectivity index (χ2n) is 7.56. The van der Waals surface area contributed by atoms with Gasteiger partial charge in [0.1, 0.15) is 6.54 Å². The number of sulfonamides is 1. The van der Waals surface area contributed by atoms with E-state index < -0.39 is 81.1 Å². The van der Waals surface area contributed by atoms with Crippen molar-refractivity contribution in [2.24, 2.45) is 0 Å². The number of hydroxylamine groups is 3. The summed E-state index contributed by atoms with van der Waals surface area (Å²) in [6, 6.07) is 0. The number of quaternary nitrogens is 1. The lowest BCUT2D eigenvalue weighted by Crippen LogP contribution is -2.75. The zero-order chi connectivity index (χ0) is 29.8. The third kappa shape index (κ3) is 5.15. The van der Waals surface area contributed by atoms with Crippen molar-refractivity contribution in [3.05, 3.63) is 0 Å². The molecule has 0 heterocycles. The Morgan fingerprint density at radius 2 is 0.917 bits per heavy atom. The smallest absolute Gasteiger partial charge is 0.217 e. The van der Waals surface area contributed by atoms with Crippen molar-refractivity contribution in [3.63, 3.8) is 0 Å². The van der Waals surface area contributed by atoms with E-state index in [-0.39, 0.29) is 0 Å². The molecule has 0 aromatic heterocycles. The summed E-state index contributed by atoms with van der Waals surface area (Å²) in [6.07, 6.45) is -8.64. The Morgan fingerprint density at radius 1 is 0.611 bits per heavy atom. The Balaban J connectivity index is 6.55. The second kappa shape index (κ2) is 9.13. The minimum atomic E-state index is -8.86. The van der Waals surface area contributed by atoms with E-state index >= 15 is 0 Å². The molecule has 0 spiro atoms. The minimum Gasteiger partial charge on any atom is -0.217 e. The Hall–Kier alpha value is -1.36. The van der Waals surface area contributed by atoms with E-state index in [0.717, 1.165) is 14.1 Å². The molecule has 0 unspecified atom stereocenters.